The number of benzene rings is 2. The molecule has 4 rings (SSSR count). The van der Waals surface area contributed by atoms with Gasteiger partial charge in [-0.2, -0.15) is 0 Å². The summed E-state index contributed by atoms with van der Waals surface area (Å²) < 4.78 is 17.9. The van der Waals surface area contributed by atoms with Crippen LogP contribution in [0.5, 0.6) is 5.75 Å². The minimum atomic E-state index is -0.884. The second kappa shape index (κ2) is 12.3. The highest BCUT2D eigenvalue weighted by Crippen LogP contribution is 2.38. The van der Waals surface area contributed by atoms with E-state index in [0.29, 0.717) is 35.6 Å². The van der Waals surface area contributed by atoms with Gasteiger partial charge in [0.1, 0.15) is 22.0 Å². The van der Waals surface area contributed by atoms with Crippen LogP contribution < -0.4 is 10.1 Å². The predicted molar refractivity (Wildman–Crippen MR) is 147 cm³/mol. The summed E-state index contributed by atoms with van der Waals surface area (Å²) in [6.07, 6.45) is 2.73. The highest BCUT2D eigenvalue weighted by molar-refractivity contribution is 9.12. The third-order valence-electron chi connectivity index (χ3n) is 7.33. The van der Waals surface area contributed by atoms with Crippen LogP contribution in [0.1, 0.15) is 53.4 Å². The van der Waals surface area contributed by atoms with Gasteiger partial charge in [-0.25, -0.2) is 9.59 Å². The van der Waals surface area contributed by atoms with Crippen molar-refractivity contribution in [2.45, 2.75) is 71.8 Å². The maximum Gasteiger partial charge on any atom is 0.349 e. The Labute approximate surface area is 227 Å². The van der Waals surface area contributed by atoms with Crippen molar-refractivity contribution < 1.29 is 23.8 Å². The Hall–Kier alpha value is -2.64. The second-order valence-electron chi connectivity index (χ2n) is 10.4. The standard InChI is InChI=1S/C30H36BrNO5/c1-5-24(28(33)35-22-14-12-21(13-15-22)20-9-7-6-8-10-20)32-27-26(31)29(34)37-30(27)36-25-17-19(4)11-16-23(25)18(2)3/h6-10,12-15,18-19,23-25,30,32H,5,11,16-17H2,1-4H3/t19?,23?,24-,25?,30-/m0/s1. The van der Waals surface area contributed by atoms with Gasteiger partial charge in [-0.1, -0.05) is 76.6 Å². The highest BCUT2D eigenvalue weighted by atomic mass is 79.9. The van der Waals surface area contributed by atoms with Crippen molar-refractivity contribution in [2.75, 3.05) is 0 Å². The summed E-state index contributed by atoms with van der Waals surface area (Å²) in [5.74, 6) is 0.920. The number of carbonyl (C=O) groups is 2. The van der Waals surface area contributed by atoms with E-state index in [1.165, 1.54) is 6.42 Å². The van der Waals surface area contributed by atoms with Gasteiger partial charge in [0.2, 0.25) is 6.29 Å². The van der Waals surface area contributed by atoms with Crippen LogP contribution >= 0.6 is 15.9 Å². The van der Waals surface area contributed by atoms with Gasteiger partial charge in [0.25, 0.3) is 0 Å². The molecule has 2 aromatic carbocycles. The second-order valence-corrected chi connectivity index (χ2v) is 11.2. The Bertz CT molecular complexity index is 1110. The number of esters is 2. The first-order valence-electron chi connectivity index (χ1n) is 13.2. The fourth-order valence-corrected chi connectivity index (χ4v) is 5.52. The first-order chi connectivity index (χ1) is 17.8. The largest absolute Gasteiger partial charge is 0.426 e. The van der Waals surface area contributed by atoms with Crippen LogP contribution in [0.2, 0.25) is 0 Å². The van der Waals surface area contributed by atoms with Crippen LogP contribution in [-0.2, 0) is 19.1 Å². The molecule has 2 aliphatic rings. The smallest absolute Gasteiger partial charge is 0.349 e. The molecule has 2 aromatic rings. The predicted octanol–water partition coefficient (Wildman–Crippen LogP) is 6.59. The molecule has 1 aliphatic carbocycles. The number of nitrogens with one attached hydrogen (secondary N) is 1. The molecular formula is C30H36BrNO5. The molecule has 0 radical (unpaired) electrons. The van der Waals surface area contributed by atoms with Gasteiger partial charge >= 0.3 is 11.9 Å². The van der Waals surface area contributed by atoms with E-state index < -0.39 is 24.3 Å². The number of hydrogen-bond donors (Lipinski definition) is 1. The summed E-state index contributed by atoms with van der Waals surface area (Å²) in [6, 6.07) is 16.8. The number of hydrogen-bond acceptors (Lipinski definition) is 6. The molecule has 0 bridgehead atoms. The molecule has 0 saturated heterocycles. The Morgan fingerprint density at radius 3 is 2.41 bits per heavy atom. The topological polar surface area (TPSA) is 73.9 Å². The maximum atomic E-state index is 13.1. The summed E-state index contributed by atoms with van der Waals surface area (Å²) in [4.78, 5) is 25.5. The van der Waals surface area contributed by atoms with Gasteiger partial charge in [-0.05, 0) is 76.2 Å². The van der Waals surface area contributed by atoms with E-state index in [4.69, 9.17) is 14.2 Å². The molecule has 0 spiro atoms. The van der Waals surface area contributed by atoms with Crippen molar-refractivity contribution in [3.63, 3.8) is 0 Å². The molecule has 0 amide bonds. The zero-order valence-corrected chi connectivity index (χ0v) is 23.5. The summed E-state index contributed by atoms with van der Waals surface area (Å²) in [5.41, 5.74) is 2.57. The van der Waals surface area contributed by atoms with Gasteiger partial charge in [-0.15, -0.1) is 0 Å². The average molecular weight is 571 g/mol. The molecule has 5 atom stereocenters. The summed E-state index contributed by atoms with van der Waals surface area (Å²) in [6.45, 7) is 8.53. The minimum absolute atomic E-state index is 0.0214. The first-order valence-corrected chi connectivity index (χ1v) is 14.0. The molecule has 1 fully saturated rings. The number of halogens is 1. The summed E-state index contributed by atoms with van der Waals surface area (Å²) >= 11 is 3.35. The van der Waals surface area contributed by atoms with Crippen molar-refractivity contribution in [3.05, 3.63) is 64.8 Å². The number of ether oxygens (including phenoxy) is 3. The number of rotatable bonds is 9. The molecule has 1 N–H and O–H groups in total. The molecule has 6 nitrogen and oxygen atoms in total. The van der Waals surface area contributed by atoms with E-state index >= 15 is 0 Å². The SMILES string of the molecule is CC[C@H](NC1=C(Br)C(=O)O[C@@H]1OC1CC(C)CCC1C(C)C)C(=O)Oc1ccc(-c2ccccc2)cc1. The summed E-state index contributed by atoms with van der Waals surface area (Å²) in [5, 5.41) is 3.19. The Balaban J connectivity index is 1.43. The molecule has 1 saturated carbocycles. The minimum Gasteiger partial charge on any atom is -0.426 e. The zero-order chi connectivity index (χ0) is 26.5. The molecular weight excluding hydrogens is 534 g/mol. The zero-order valence-electron chi connectivity index (χ0n) is 21.9. The van der Waals surface area contributed by atoms with Gasteiger partial charge in [0.15, 0.2) is 0 Å². The lowest BCUT2D eigenvalue weighted by molar-refractivity contribution is -0.182. The van der Waals surface area contributed by atoms with Crippen LogP contribution in [0.3, 0.4) is 0 Å². The Morgan fingerprint density at radius 1 is 1.08 bits per heavy atom. The van der Waals surface area contributed by atoms with Gasteiger partial charge in [0.05, 0.1) is 6.10 Å². The normalized spacial score (nSPS) is 24.6. The summed E-state index contributed by atoms with van der Waals surface area (Å²) in [7, 11) is 0. The van der Waals surface area contributed by atoms with Gasteiger partial charge < -0.3 is 19.5 Å². The Kier molecular flexibility index (Phi) is 9.08. The van der Waals surface area contributed by atoms with Gasteiger partial charge in [0, 0.05) is 0 Å². The Morgan fingerprint density at radius 2 is 1.76 bits per heavy atom. The lowest BCUT2D eigenvalue weighted by Crippen LogP contribution is -2.43. The molecule has 3 unspecified atom stereocenters. The van der Waals surface area contributed by atoms with Crippen molar-refractivity contribution in [1.29, 1.82) is 0 Å². The highest BCUT2D eigenvalue weighted by Gasteiger charge is 2.41. The van der Waals surface area contributed by atoms with Crippen molar-refractivity contribution >= 4 is 27.9 Å². The fraction of sp³-hybridized carbons (Fsp3) is 0.467. The monoisotopic (exact) mass is 569 g/mol. The number of carbonyl (C=O) groups excluding carboxylic acids is 2. The molecule has 198 valence electrons. The van der Waals surface area contributed by atoms with Crippen molar-refractivity contribution in [3.8, 4) is 16.9 Å². The van der Waals surface area contributed by atoms with E-state index in [2.05, 4.69) is 42.0 Å². The van der Waals surface area contributed by atoms with Crippen LogP contribution in [-0.4, -0.2) is 30.4 Å². The van der Waals surface area contributed by atoms with Crippen LogP contribution in [0, 0.1) is 17.8 Å². The first kappa shape index (κ1) is 27.4. The quantitative estimate of drug-likeness (QED) is 0.271. The lowest BCUT2D eigenvalue weighted by atomic mass is 9.75. The van der Waals surface area contributed by atoms with E-state index in [1.54, 1.807) is 12.1 Å². The van der Waals surface area contributed by atoms with E-state index in [0.717, 1.165) is 24.0 Å². The molecule has 37 heavy (non-hydrogen) atoms. The number of cyclic esters (lactones) is 1. The van der Waals surface area contributed by atoms with Crippen molar-refractivity contribution in [2.24, 2.45) is 17.8 Å². The van der Waals surface area contributed by atoms with Crippen LogP contribution in [0.4, 0.5) is 0 Å². The van der Waals surface area contributed by atoms with Crippen LogP contribution in [0.25, 0.3) is 11.1 Å². The van der Waals surface area contributed by atoms with Gasteiger partial charge in [-0.3, -0.25) is 0 Å². The van der Waals surface area contributed by atoms with E-state index in [1.807, 2.05) is 49.4 Å². The fourth-order valence-electron chi connectivity index (χ4n) is 5.13. The molecule has 0 aromatic heterocycles. The molecule has 7 heteroatoms. The van der Waals surface area contributed by atoms with E-state index in [-0.39, 0.29) is 10.6 Å². The third kappa shape index (κ3) is 6.63. The van der Waals surface area contributed by atoms with E-state index in [9.17, 15) is 9.59 Å². The maximum absolute atomic E-state index is 13.1. The average Bonchev–Trinajstić information content (AvgIpc) is 3.15. The van der Waals surface area contributed by atoms with Crippen LogP contribution in [0.15, 0.2) is 64.8 Å². The van der Waals surface area contributed by atoms with Crippen molar-refractivity contribution in [1.82, 2.24) is 5.32 Å². The molecule has 1 aliphatic heterocycles. The molecule has 1 heterocycles. The third-order valence-corrected chi connectivity index (χ3v) is 8.08. The lowest BCUT2D eigenvalue weighted by Gasteiger charge is -2.38.